The van der Waals surface area contributed by atoms with E-state index in [9.17, 15) is 0 Å². The van der Waals surface area contributed by atoms with Gasteiger partial charge in [-0.2, -0.15) is 0 Å². The minimum absolute atomic E-state index is 0.0489. The van der Waals surface area contributed by atoms with Crippen molar-refractivity contribution in [3.8, 4) is 22.5 Å². The molecule has 0 saturated carbocycles. The summed E-state index contributed by atoms with van der Waals surface area (Å²) in [7, 11) is 0. The van der Waals surface area contributed by atoms with Crippen molar-refractivity contribution >= 4 is 29.0 Å². The average molecular weight is 477 g/mol. The number of benzene rings is 3. The van der Waals surface area contributed by atoms with Crippen LogP contribution < -0.4 is 16.2 Å². The Kier molecular flexibility index (Phi) is 7.38. The van der Waals surface area contributed by atoms with Gasteiger partial charge in [-0.15, -0.1) is 0 Å². The Morgan fingerprint density at radius 1 is 0.676 bits per heavy atom. The van der Waals surface area contributed by atoms with E-state index in [2.05, 4.69) is 108 Å². The predicted octanol–water partition coefficient (Wildman–Crippen LogP) is 6.83. The minimum Gasteiger partial charge on any atom is -0.356 e. The van der Waals surface area contributed by atoms with Crippen molar-refractivity contribution < 1.29 is 0 Å². The zero-order valence-electron chi connectivity index (χ0n) is 20.9. The van der Waals surface area contributed by atoms with Crippen molar-refractivity contribution in [3.05, 3.63) is 146 Å². The summed E-state index contributed by atoms with van der Waals surface area (Å²) in [6.07, 6.45) is 7.75. The highest BCUT2D eigenvalue weighted by atomic mass is 14.9. The molecule has 3 nitrogen and oxygen atoms in total. The summed E-state index contributed by atoms with van der Waals surface area (Å²) in [5, 5.41) is 3.65. The van der Waals surface area contributed by atoms with Gasteiger partial charge in [0.2, 0.25) is 6.71 Å². The van der Waals surface area contributed by atoms with Gasteiger partial charge in [0.15, 0.2) is 0 Å². The standard InChI is InChI=1S/C33H28BN3/c1-3-27(4-2)34(28-14-6-5-7-15-28)29-21-26(33-18-9-11-20-36-33)23-31(24-29)37-30-16-12-13-25(22-30)32-17-8-10-19-35-32/h3-24,37H,1H2,2H3. The van der Waals surface area contributed by atoms with Crippen LogP contribution in [0.5, 0.6) is 0 Å². The number of anilines is 2. The maximum absolute atomic E-state index is 4.64. The summed E-state index contributed by atoms with van der Waals surface area (Å²) in [5.41, 5.74) is 9.55. The summed E-state index contributed by atoms with van der Waals surface area (Å²) < 4.78 is 0. The predicted molar refractivity (Wildman–Crippen MR) is 158 cm³/mol. The number of pyridine rings is 2. The molecular weight excluding hydrogens is 449 g/mol. The number of hydrogen-bond acceptors (Lipinski definition) is 3. The van der Waals surface area contributed by atoms with Crippen molar-refractivity contribution in [2.45, 2.75) is 6.92 Å². The van der Waals surface area contributed by atoms with Crippen molar-refractivity contribution in [3.63, 3.8) is 0 Å². The third-order valence-corrected chi connectivity index (χ3v) is 6.40. The molecule has 2 heterocycles. The third-order valence-electron chi connectivity index (χ3n) is 6.40. The molecule has 4 heteroatoms. The molecule has 3 aromatic carbocycles. The molecule has 0 amide bonds. The second-order valence-electron chi connectivity index (χ2n) is 8.82. The molecule has 0 aliphatic carbocycles. The topological polar surface area (TPSA) is 37.8 Å². The van der Waals surface area contributed by atoms with Gasteiger partial charge in [0.1, 0.15) is 0 Å². The SMILES string of the molecule is C=CC(=CC)B(c1ccccc1)c1cc(Nc2cccc(-c3ccccn3)c2)cc(-c2ccccn2)c1. The van der Waals surface area contributed by atoms with Gasteiger partial charge in [0, 0.05) is 34.9 Å². The molecule has 0 saturated heterocycles. The second kappa shape index (κ2) is 11.4. The zero-order chi connectivity index (χ0) is 25.5. The first kappa shape index (κ1) is 24.0. The van der Waals surface area contributed by atoms with E-state index in [1.165, 1.54) is 10.9 Å². The first-order valence-electron chi connectivity index (χ1n) is 12.4. The molecular formula is C33H28BN3. The van der Waals surface area contributed by atoms with Gasteiger partial charge < -0.3 is 5.32 Å². The van der Waals surface area contributed by atoms with Crippen LogP contribution in [0, 0.1) is 0 Å². The van der Waals surface area contributed by atoms with E-state index in [-0.39, 0.29) is 6.71 Å². The van der Waals surface area contributed by atoms with Gasteiger partial charge in [0.25, 0.3) is 0 Å². The van der Waals surface area contributed by atoms with Gasteiger partial charge >= 0.3 is 0 Å². The summed E-state index contributed by atoms with van der Waals surface area (Å²) >= 11 is 0. The van der Waals surface area contributed by atoms with E-state index in [1.807, 2.05) is 54.9 Å². The molecule has 0 aliphatic heterocycles. The minimum atomic E-state index is 0.0489. The highest BCUT2D eigenvalue weighted by Crippen LogP contribution is 2.26. The Balaban J connectivity index is 1.61. The van der Waals surface area contributed by atoms with Crippen LogP contribution in [0.1, 0.15) is 6.92 Å². The van der Waals surface area contributed by atoms with E-state index >= 15 is 0 Å². The van der Waals surface area contributed by atoms with Gasteiger partial charge in [-0.05, 0) is 55.5 Å². The summed E-state index contributed by atoms with van der Waals surface area (Å²) in [6, 6.07) is 37.5. The Bertz CT molecular complexity index is 1510. The molecule has 5 aromatic rings. The van der Waals surface area contributed by atoms with Crippen molar-refractivity contribution in [2.75, 3.05) is 5.32 Å². The fraction of sp³-hybridized carbons (Fsp3) is 0.0303. The van der Waals surface area contributed by atoms with E-state index in [4.69, 9.17) is 0 Å². The van der Waals surface area contributed by atoms with E-state index in [0.717, 1.165) is 39.4 Å². The summed E-state index contributed by atoms with van der Waals surface area (Å²) in [6.45, 7) is 6.23. The fourth-order valence-electron chi connectivity index (χ4n) is 4.65. The molecule has 0 unspecified atom stereocenters. The van der Waals surface area contributed by atoms with Crippen molar-refractivity contribution in [1.29, 1.82) is 0 Å². The first-order chi connectivity index (χ1) is 18.2. The zero-order valence-corrected chi connectivity index (χ0v) is 20.9. The van der Waals surface area contributed by atoms with E-state index < -0.39 is 0 Å². The lowest BCUT2D eigenvalue weighted by atomic mass is 9.36. The lowest BCUT2D eigenvalue weighted by molar-refractivity contribution is 1.32. The Labute approximate surface area is 219 Å². The van der Waals surface area contributed by atoms with Crippen LogP contribution in [-0.4, -0.2) is 16.7 Å². The van der Waals surface area contributed by atoms with Gasteiger partial charge in [-0.25, -0.2) is 0 Å². The number of allylic oxidation sites excluding steroid dienone is 3. The van der Waals surface area contributed by atoms with Gasteiger partial charge in [0.05, 0.1) is 11.4 Å². The fourth-order valence-corrected chi connectivity index (χ4v) is 4.65. The smallest absolute Gasteiger partial charge is 0.240 e. The van der Waals surface area contributed by atoms with Crippen LogP contribution in [0.4, 0.5) is 11.4 Å². The van der Waals surface area contributed by atoms with Gasteiger partial charge in [-0.3, -0.25) is 9.97 Å². The summed E-state index contributed by atoms with van der Waals surface area (Å²) in [5.74, 6) is 0. The quantitative estimate of drug-likeness (QED) is 0.197. The third kappa shape index (κ3) is 5.60. The highest BCUT2D eigenvalue weighted by molar-refractivity contribution is 6.91. The number of aromatic nitrogens is 2. The molecule has 1 N–H and O–H groups in total. The van der Waals surface area contributed by atoms with Crippen molar-refractivity contribution in [1.82, 2.24) is 9.97 Å². The maximum Gasteiger partial charge on any atom is 0.240 e. The number of rotatable bonds is 8. The van der Waals surface area contributed by atoms with Crippen LogP contribution in [0.2, 0.25) is 0 Å². The highest BCUT2D eigenvalue weighted by Gasteiger charge is 2.23. The van der Waals surface area contributed by atoms with E-state index in [0.29, 0.717) is 0 Å². The lowest BCUT2D eigenvalue weighted by Gasteiger charge is -2.19. The average Bonchev–Trinajstić information content (AvgIpc) is 2.97. The number of hydrogen-bond donors (Lipinski definition) is 1. The van der Waals surface area contributed by atoms with E-state index in [1.54, 1.807) is 0 Å². The lowest BCUT2D eigenvalue weighted by Crippen LogP contribution is -2.44. The monoisotopic (exact) mass is 477 g/mol. The molecule has 0 spiro atoms. The molecule has 0 fully saturated rings. The molecule has 0 radical (unpaired) electrons. The Morgan fingerprint density at radius 3 is 2.00 bits per heavy atom. The van der Waals surface area contributed by atoms with Crippen LogP contribution >= 0.6 is 0 Å². The van der Waals surface area contributed by atoms with Crippen LogP contribution in [0.15, 0.2) is 146 Å². The summed E-state index contributed by atoms with van der Waals surface area (Å²) in [4.78, 5) is 9.15. The molecule has 2 aromatic heterocycles. The molecule has 0 aliphatic rings. The van der Waals surface area contributed by atoms with Crippen molar-refractivity contribution in [2.24, 2.45) is 0 Å². The largest absolute Gasteiger partial charge is 0.356 e. The Hall–Kier alpha value is -4.70. The molecule has 0 bridgehead atoms. The van der Waals surface area contributed by atoms with Gasteiger partial charge in [-0.1, -0.05) is 95.8 Å². The number of nitrogens with zero attached hydrogens (tertiary/aromatic N) is 2. The normalized spacial score (nSPS) is 11.1. The maximum atomic E-state index is 4.64. The first-order valence-corrected chi connectivity index (χ1v) is 12.4. The Morgan fingerprint density at radius 2 is 1.35 bits per heavy atom. The second-order valence-corrected chi connectivity index (χ2v) is 8.82. The molecule has 0 atom stereocenters. The van der Waals surface area contributed by atoms with Crippen LogP contribution in [-0.2, 0) is 0 Å². The number of nitrogens with one attached hydrogen (secondary N) is 1. The molecule has 5 rings (SSSR count). The van der Waals surface area contributed by atoms with Crippen LogP contribution in [0.25, 0.3) is 22.5 Å². The van der Waals surface area contributed by atoms with Crippen LogP contribution in [0.3, 0.4) is 0 Å². The molecule has 178 valence electrons. The molecule has 37 heavy (non-hydrogen) atoms.